The molecular weight excluding hydrogens is 347 g/mol. The molecule has 144 valence electrons. The first kappa shape index (κ1) is 19.1. The fourth-order valence-electron chi connectivity index (χ4n) is 3.48. The van der Waals surface area contributed by atoms with Gasteiger partial charge in [-0.3, -0.25) is 9.59 Å². The van der Waals surface area contributed by atoms with E-state index in [4.69, 9.17) is 4.42 Å². The van der Waals surface area contributed by atoms with Crippen LogP contribution in [0.1, 0.15) is 42.3 Å². The van der Waals surface area contributed by atoms with Gasteiger partial charge in [-0.05, 0) is 42.2 Å². The normalized spacial score (nSPS) is 19.5. The van der Waals surface area contributed by atoms with E-state index in [0.717, 1.165) is 12.0 Å². The van der Waals surface area contributed by atoms with Crippen LogP contribution in [0, 0.1) is 17.7 Å². The lowest BCUT2D eigenvalue weighted by molar-refractivity contribution is -0.124. The van der Waals surface area contributed by atoms with Gasteiger partial charge >= 0.3 is 0 Å². The molecule has 2 atom stereocenters. The maximum absolute atomic E-state index is 13.7. The van der Waals surface area contributed by atoms with E-state index in [1.807, 2.05) is 6.07 Å². The summed E-state index contributed by atoms with van der Waals surface area (Å²) >= 11 is 0. The number of hydrogen-bond donors (Lipinski definition) is 1. The quantitative estimate of drug-likeness (QED) is 0.845. The van der Waals surface area contributed by atoms with Gasteiger partial charge in [-0.2, -0.15) is 0 Å². The van der Waals surface area contributed by atoms with Crippen LogP contribution in [-0.2, 0) is 4.79 Å². The van der Waals surface area contributed by atoms with Crippen LogP contribution in [0.4, 0.5) is 4.39 Å². The van der Waals surface area contributed by atoms with Gasteiger partial charge in [0.15, 0.2) is 5.76 Å². The van der Waals surface area contributed by atoms with Crippen molar-refractivity contribution in [2.75, 3.05) is 19.6 Å². The predicted octanol–water partition coefficient (Wildman–Crippen LogP) is 3.44. The summed E-state index contributed by atoms with van der Waals surface area (Å²) in [6.07, 6.45) is 2.33. The Bertz CT molecular complexity index is 788. The van der Waals surface area contributed by atoms with Gasteiger partial charge in [-0.15, -0.1) is 0 Å². The summed E-state index contributed by atoms with van der Waals surface area (Å²) in [5.41, 5.74) is 0.730. The zero-order valence-corrected chi connectivity index (χ0v) is 15.7. The topological polar surface area (TPSA) is 62.6 Å². The summed E-state index contributed by atoms with van der Waals surface area (Å²) in [6, 6.07) is 9.53. The summed E-state index contributed by atoms with van der Waals surface area (Å²) in [6.45, 7) is 5.43. The van der Waals surface area contributed by atoms with Crippen molar-refractivity contribution in [3.05, 3.63) is 59.8 Å². The zero-order valence-electron chi connectivity index (χ0n) is 15.7. The number of halogens is 1. The minimum Gasteiger partial charge on any atom is -0.459 e. The van der Waals surface area contributed by atoms with E-state index in [1.54, 1.807) is 23.1 Å². The second-order valence-electron chi connectivity index (χ2n) is 7.43. The molecule has 1 aromatic heterocycles. The minimum atomic E-state index is -0.419. The molecule has 1 fully saturated rings. The summed E-state index contributed by atoms with van der Waals surface area (Å²) in [4.78, 5) is 27.0. The molecule has 0 bridgehead atoms. The molecule has 0 radical (unpaired) electrons. The van der Waals surface area contributed by atoms with Gasteiger partial charge in [-0.25, -0.2) is 4.39 Å². The van der Waals surface area contributed by atoms with E-state index in [0.29, 0.717) is 19.0 Å². The van der Waals surface area contributed by atoms with Crippen molar-refractivity contribution in [2.45, 2.75) is 26.2 Å². The molecule has 3 rings (SSSR count). The summed E-state index contributed by atoms with van der Waals surface area (Å²) in [5.74, 6) is -0.629. The van der Waals surface area contributed by atoms with Crippen LogP contribution in [0.3, 0.4) is 0 Å². The van der Waals surface area contributed by atoms with Crippen molar-refractivity contribution in [3.8, 4) is 0 Å². The van der Waals surface area contributed by atoms with Gasteiger partial charge in [0.25, 0.3) is 5.91 Å². The maximum Gasteiger partial charge on any atom is 0.289 e. The molecule has 2 heterocycles. The molecule has 1 saturated heterocycles. The lowest BCUT2D eigenvalue weighted by atomic mass is 9.88. The highest BCUT2D eigenvalue weighted by Gasteiger charge is 2.41. The molecule has 27 heavy (non-hydrogen) atoms. The van der Waals surface area contributed by atoms with Crippen molar-refractivity contribution in [3.63, 3.8) is 0 Å². The maximum atomic E-state index is 13.7. The molecule has 0 unspecified atom stereocenters. The van der Waals surface area contributed by atoms with Crippen LogP contribution in [0.25, 0.3) is 0 Å². The molecule has 1 aliphatic heterocycles. The number of carbonyl (C=O) groups is 2. The number of hydrogen-bond acceptors (Lipinski definition) is 3. The number of likely N-dealkylation sites (tertiary alicyclic amines) is 1. The van der Waals surface area contributed by atoms with Crippen molar-refractivity contribution < 1.29 is 18.4 Å². The Hall–Kier alpha value is -2.63. The highest BCUT2D eigenvalue weighted by atomic mass is 19.1. The fraction of sp³-hybridized carbons (Fsp3) is 0.429. The van der Waals surface area contributed by atoms with E-state index in [1.165, 1.54) is 18.4 Å². The summed E-state index contributed by atoms with van der Waals surface area (Å²) in [7, 11) is 0. The second-order valence-corrected chi connectivity index (χ2v) is 7.43. The minimum absolute atomic E-state index is 0.0975. The van der Waals surface area contributed by atoms with E-state index in [-0.39, 0.29) is 35.9 Å². The average molecular weight is 372 g/mol. The largest absolute Gasteiger partial charge is 0.459 e. The van der Waals surface area contributed by atoms with Gasteiger partial charge in [-0.1, -0.05) is 26.0 Å². The monoisotopic (exact) mass is 372 g/mol. The van der Waals surface area contributed by atoms with Gasteiger partial charge in [0.05, 0.1) is 12.2 Å². The van der Waals surface area contributed by atoms with E-state index in [9.17, 15) is 14.0 Å². The first-order valence-electron chi connectivity index (χ1n) is 9.31. The molecule has 2 aromatic rings. The lowest BCUT2D eigenvalue weighted by Gasteiger charge is -2.18. The molecule has 0 spiro atoms. The van der Waals surface area contributed by atoms with E-state index >= 15 is 0 Å². The van der Waals surface area contributed by atoms with Crippen molar-refractivity contribution >= 4 is 11.8 Å². The SMILES string of the molecule is CC(C)CCNC(=O)[C@H]1CN(C(=O)c2ccco2)C[C@H]1c1cccc(F)c1. The Balaban J connectivity index is 1.78. The van der Waals surface area contributed by atoms with Gasteiger partial charge in [0.2, 0.25) is 5.91 Å². The second kappa shape index (κ2) is 8.37. The summed E-state index contributed by atoms with van der Waals surface area (Å²) < 4.78 is 18.9. The molecule has 1 N–H and O–H groups in total. The molecular formula is C21H25FN2O3. The van der Waals surface area contributed by atoms with Crippen LogP contribution in [-0.4, -0.2) is 36.3 Å². The van der Waals surface area contributed by atoms with E-state index in [2.05, 4.69) is 19.2 Å². The van der Waals surface area contributed by atoms with Crippen LogP contribution in [0.15, 0.2) is 47.1 Å². The third-order valence-corrected chi connectivity index (χ3v) is 4.97. The Labute approximate surface area is 158 Å². The smallest absolute Gasteiger partial charge is 0.289 e. The highest BCUT2D eigenvalue weighted by Crippen LogP contribution is 2.34. The number of carbonyl (C=O) groups excluding carboxylic acids is 2. The van der Waals surface area contributed by atoms with Crippen LogP contribution in [0.2, 0.25) is 0 Å². The first-order valence-corrected chi connectivity index (χ1v) is 9.31. The van der Waals surface area contributed by atoms with Gasteiger partial charge in [0, 0.05) is 25.6 Å². The van der Waals surface area contributed by atoms with Crippen LogP contribution >= 0.6 is 0 Å². The number of furan rings is 1. The number of benzene rings is 1. The third kappa shape index (κ3) is 4.56. The van der Waals surface area contributed by atoms with Gasteiger partial charge < -0.3 is 14.6 Å². The zero-order chi connectivity index (χ0) is 19.4. The molecule has 0 aliphatic carbocycles. The van der Waals surface area contributed by atoms with Crippen molar-refractivity contribution in [1.82, 2.24) is 10.2 Å². The Morgan fingerprint density at radius 3 is 2.74 bits per heavy atom. The molecule has 5 nitrogen and oxygen atoms in total. The van der Waals surface area contributed by atoms with Crippen LogP contribution < -0.4 is 5.32 Å². The average Bonchev–Trinajstić information content (AvgIpc) is 3.31. The Morgan fingerprint density at radius 1 is 1.26 bits per heavy atom. The highest BCUT2D eigenvalue weighted by molar-refractivity contribution is 5.92. The Morgan fingerprint density at radius 2 is 2.07 bits per heavy atom. The predicted molar refractivity (Wildman–Crippen MR) is 99.7 cm³/mol. The first-order chi connectivity index (χ1) is 13.0. The molecule has 1 aliphatic rings. The number of nitrogens with zero attached hydrogens (tertiary/aromatic N) is 1. The number of rotatable bonds is 6. The van der Waals surface area contributed by atoms with Crippen molar-refractivity contribution in [1.29, 1.82) is 0 Å². The third-order valence-electron chi connectivity index (χ3n) is 4.97. The van der Waals surface area contributed by atoms with Crippen LogP contribution in [0.5, 0.6) is 0 Å². The standard InChI is InChI=1S/C21H25FN2O3/c1-14(2)8-9-23-20(25)18-13-24(21(26)19-7-4-10-27-19)12-17(18)15-5-3-6-16(22)11-15/h3-7,10-11,14,17-18H,8-9,12-13H2,1-2H3,(H,23,25)/t17-,18-/m0/s1. The fourth-order valence-corrected chi connectivity index (χ4v) is 3.48. The van der Waals surface area contributed by atoms with Crippen molar-refractivity contribution in [2.24, 2.45) is 11.8 Å². The number of nitrogens with one attached hydrogen (secondary N) is 1. The number of amides is 2. The molecule has 2 amide bonds. The summed E-state index contributed by atoms with van der Waals surface area (Å²) in [5, 5.41) is 2.97. The Kier molecular flexibility index (Phi) is 5.94. The molecule has 6 heteroatoms. The molecule has 0 saturated carbocycles. The van der Waals surface area contributed by atoms with Gasteiger partial charge in [0.1, 0.15) is 5.82 Å². The molecule has 1 aromatic carbocycles. The van der Waals surface area contributed by atoms with E-state index < -0.39 is 5.92 Å². The lowest BCUT2D eigenvalue weighted by Crippen LogP contribution is -2.36.